The van der Waals surface area contributed by atoms with Crippen LogP contribution in [-0.4, -0.2) is 30.6 Å². The van der Waals surface area contributed by atoms with Crippen molar-refractivity contribution in [3.63, 3.8) is 0 Å². The molecule has 0 bridgehead atoms. The lowest BCUT2D eigenvalue weighted by atomic mass is 10.4. The van der Waals surface area contributed by atoms with Crippen LogP contribution in [0.15, 0.2) is 0 Å². The van der Waals surface area contributed by atoms with Crippen molar-refractivity contribution in [3.8, 4) is 0 Å². The summed E-state index contributed by atoms with van der Waals surface area (Å²) in [6.07, 6.45) is 2.08. The number of nitrogens with zero attached hydrogens (tertiary/aromatic N) is 1. The number of hydrogen-bond acceptors (Lipinski definition) is 2. The average molecular weight is 191 g/mol. The molecule has 0 aliphatic heterocycles. The van der Waals surface area contributed by atoms with Gasteiger partial charge in [0.2, 0.25) is 10.0 Å². The van der Waals surface area contributed by atoms with Crippen molar-refractivity contribution in [1.82, 2.24) is 4.31 Å². The van der Waals surface area contributed by atoms with Crippen LogP contribution in [0.3, 0.4) is 0 Å². The van der Waals surface area contributed by atoms with E-state index in [9.17, 15) is 8.42 Å². The maximum Gasteiger partial charge on any atom is 0.214 e. The van der Waals surface area contributed by atoms with E-state index < -0.39 is 10.0 Å². The molecule has 1 rings (SSSR count). The quantitative estimate of drug-likeness (QED) is 0.670. The maximum atomic E-state index is 11.5. The van der Waals surface area contributed by atoms with Crippen molar-refractivity contribution >= 4 is 10.0 Å². The zero-order valence-electron chi connectivity index (χ0n) is 7.95. The Morgan fingerprint density at radius 2 is 1.92 bits per heavy atom. The first-order valence-electron chi connectivity index (χ1n) is 4.50. The molecule has 3 nitrogen and oxygen atoms in total. The highest BCUT2D eigenvalue weighted by atomic mass is 32.2. The van der Waals surface area contributed by atoms with Crippen LogP contribution in [0.1, 0.15) is 33.6 Å². The van der Waals surface area contributed by atoms with Crippen LogP contribution in [-0.2, 0) is 10.0 Å². The van der Waals surface area contributed by atoms with E-state index in [2.05, 4.69) is 0 Å². The summed E-state index contributed by atoms with van der Waals surface area (Å²) in [6.45, 7) is 5.57. The highest BCUT2D eigenvalue weighted by molar-refractivity contribution is 7.89. The van der Waals surface area contributed by atoms with Gasteiger partial charge in [-0.1, -0.05) is 0 Å². The summed E-state index contributed by atoms with van der Waals surface area (Å²) in [7, 11) is -2.96. The minimum atomic E-state index is -2.96. The Labute approximate surface area is 74.8 Å². The molecule has 0 saturated heterocycles. The molecule has 0 amide bonds. The largest absolute Gasteiger partial charge is 0.214 e. The highest BCUT2D eigenvalue weighted by Gasteiger charge is 2.37. The molecule has 1 saturated carbocycles. The van der Waals surface area contributed by atoms with Crippen LogP contribution in [0.25, 0.3) is 0 Å². The van der Waals surface area contributed by atoms with Gasteiger partial charge >= 0.3 is 0 Å². The minimum absolute atomic E-state index is 0.113. The molecule has 0 aromatic heterocycles. The molecule has 0 aromatic carbocycles. The van der Waals surface area contributed by atoms with Crippen LogP contribution < -0.4 is 0 Å². The molecular weight excluding hydrogens is 174 g/mol. The van der Waals surface area contributed by atoms with Crippen molar-refractivity contribution in [1.29, 1.82) is 0 Å². The molecular formula is C8H17NO2S. The van der Waals surface area contributed by atoms with Crippen molar-refractivity contribution in [2.45, 2.75) is 45.7 Å². The van der Waals surface area contributed by atoms with E-state index in [1.807, 2.05) is 13.8 Å². The molecule has 0 spiro atoms. The maximum absolute atomic E-state index is 11.5. The fraction of sp³-hybridized carbons (Fsp3) is 1.00. The summed E-state index contributed by atoms with van der Waals surface area (Å²) >= 11 is 0. The molecule has 0 aromatic rings. The van der Waals surface area contributed by atoms with Crippen LogP contribution in [0.4, 0.5) is 0 Å². The smallest absolute Gasteiger partial charge is 0.212 e. The van der Waals surface area contributed by atoms with E-state index in [0.717, 1.165) is 12.8 Å². The second-order valence-corrected chi connectivity index (χ2v) is 5.72. The minimum Gasteiger partial charge on any atom is -0.212 e. The van der Waals surface area contributed by atoms with Crippen molar-refractivity contribution in [2.24, 2.45) is 0 Å². The zero-order valence-corrected chi connectivity index (χ0v) is 8.76. The van der Waals surface area contributed by atoms with Crippen molar-refractivity contribution < 1.29 is 8.42 Å². The van der Waals surface area contributed by atoms with Gasteiger partial charge in [0.05, 0.1) is 5.75 Å². The van der Waals surface area contributed by atoms with Crippen molar-refractivity contribution in [2.75, 3.05) is 5.75 Å². The highest BCUT2D eigenvalue weighted by Crippen LogP contribution is 2.31. The molecule has 0 unspecified atom stereocenters. The standard InChI is InChI=1S/C8H17NO2S/c1-4-12(10,11)9(7(2)3)8-5-6-8/h7-8H,4-6H2,1-3H3. The summed E-state index contributed by atoms with van der Waals surface area (Å²) in [5.41, 5.74) is 0. The van der Waals surface area contributed by atoms with Gasteiger partial charge in [0.25, 0.3) is 0 Å². The SMILES string of the molecule is CCS(=O)(=O)N(C(C)C)C1CC1. The first-order chi connectivity index (χ1) is 5.49. The molecule has 72 valence electrons. The summed E-state index contributed by atoms with van der Waals surface area (Å²) in [4.78, 5) is 0. The third-order valence-electron chi connectivity index (χ3n) is 2.10. The second kappa shape index (κ2) is 3.34. The lowest BCUT2D eigenvalue weighted by Crippen LogP contribution is -2.39. The van der Waals surface area contributed by atoms with Gasteiger partial charge in [-0.05, 0) is 33.6 Å². The summed E-state index contributed by atoms with van der Waals surface area (Å²) < 4.78 is 24.8. The molecule has 0 atom stereocenters. The van der Waals surface area contributed by atoms with E-state index in [1.165, 1.54) is 0 Å². The number of sulfonamides is 1. The van der Waals surface area contributed by atoms with Crippen LogP contribution in [0.5, 0.6) is 0 Å². The van der Waals surface area contributed by atoms with E-state index >= 15 is 0 Å². The van der Waals surface area contributed by atoms with Gasteiger partial charge in [-0.25, -0.2) is 8.42 Å². The van der Waals surface area contributed by atoms with Gasteiger partial charge in [-0.15, -0.1) is 0 Å². The summed E-state index contributed by atoms with van der Waals surface area (Å²) in [6, 6.07) is 0.414. The van der Waals surface area contributed by atoms with Gasteiger partial charge in [-0.2, -0.15) is 4.31 Å². The van der Waals surface area contributed by atoms with Crippen LogP contribution in [0.2, 0.25) is 0 Å². The Bertz CT molecular complexity index is 240. The van der Waals surface area contributed by atoms with Gasteiger partial charge in [0.15, 0.2) is 0 Å². The van der Waals surface area contributed by atoms with Gasteiger partial charge in [0, 0.05) is 12.1 Å². The summed E-state index contributed by atoms with van der Waals surface area (Å²) in [5, 5.41) is 0. The fourth-order valence-corrected chi connectivity index (χ4v) is 3.05. The summed E-state index contributed by atoms with van der Waals surface area (Å²) in [5.74, 6) is 0.224. The predicted octanol–water partition coefficient (Wildman–Crippen LogP) is 1.21. The van der Waals surface area contributed by atoms with E-state index in [4.69, 9.17) is 0 Å². The number of rotatable bonds is 4. The third-order valence-corrected chi connectivity index (χ3v) is 4.19. The third kappa shape index (κ3) is 1.98. The van der Waals surface area contributed by atoms with Crippen LogP contribution >= 0.6 is 0 Å². The Hall–Kier alpha value is -0.0900. The van der Waals surface area contributed by atoms with Gasteiger partial charge in [0.1, 0.15) is 0 Å². The van der Waals surface area contributed by atoms with E-state index in [-0.39, 0.29) is 11.8 Å². The Kier molecular flexibility index (Phi) is 2.78. The second-order valence-electron chi connectivity index (χ2n) is 3.56. The zero-order chi connectivity index (χ0) is 9.35. The van der Waals surface area contributed by atoms with E-state index in [0.29, 0.717) is 6.04 Å². The molecule has 0 N–H and O–H groups in total. The normalized spacial score (nSPS) is 19.1. The lowest BCUT2D eigenvalue weighted by Gasteiger charge is -2.24. The molecule has 1 aliphatic rings. The molecule has 0 heterocycles. The molecule has 1 fully saturated rings. The average Bonchev–Trinajstić information content (AvgIpc) is 2.70. The molecule has 1 aliphatic carbocycles. The molecule has 4 heteroatoms. The Morgan fingerprint density at radius 3 is 2.17 bits per heavy atom. The lowest BCUT2D eigenvalue weighted by molar-refractivity contribution is 0.347. The predicted molar refractivity (Wildman–Crippen MR) is 49.5 cm³/mol. The van der Waals surface area contributed by atoms with Gasteiger partial charge in [-0.3, -0.25) is 0 Å². The Balaban J connectivity index is 2.78. The molecule has 0 radical (unpaired) electrons. The fourth-order valence-electron chi connectivity index (χ4n) is 1.45. The number of hydrogen-bond donors (Lipinski definition) is 0. The van der Waals surface area contributed by atoms with Crippen LogP contribution in [0, 0.1) is 0 Å². The van der Waals surface area contributed by atoms with E-state index in [1.54, 1.807) is 11.2 Å². The van der Waals surface area contributed by atoms with Crippen molar-refractivity contribution in [3.05, 3.63) is 0 Å². The first kappa shape index (κ1) is 9.99. The Morgan fingerprint density at radius 1 is 1.42 bits per heavy atom. The monoisotopic (exact) mass is 191 g/mol. The topological polar surface area (TPSA) is 37.4 Å². The van der Waals surface area contributed by atoms with Gasteiger partial charge < -0.3 is 0 Å². The first-order valence-corrected chi connectivity index (χ1v) is 6.11. The molecule has 12 heavy (non-hydrogen) atoms.